The fraction of sp³-hybridized carbons (Fsp3) is 0.462. The average Bonchev–Trinajstić information content (AvgIpc) is 0.885. The molecule has 0 fully saturated rings. The third-order valence-corrected chi connectivity index (χ3v) is 14.5. The normalized spacial score (nSPS) is 18.3. The highest BCUT2D eigenvalue weighted by Gasteiger charge is 2.16. The van der Waals surface area contributed by atoms with E-state index in [0.717, 1.165) is 0 Å². The molecule has 588 valence electrons. The van der Waals surface area contributed by atoms with Crippen LogP contribution < -0.4 is 28.4 Å². The summed E-state index contributed by atoms with van der Waals surface area (Å²) in [6, 6.07) is 39.2. The van der Waals surface area contributed by atoms with Crippen LogP contribution in [-0.2, 0) is 85.3 Å². The Morgan fingerprint density at radius 3 is 0.324 bits per heavy atom. The molecule has 108 heavy (non-hydrogen) atoms. The number of carbonyl (C=O) groups excluding carboxylic acids is 6. The van der Waals surface area contributed by atoms with Gasteiger partial charge in [0.25, 0.3) is 0 Å². The second kappa shape index (κ2) is 55.0. The van der Waals surface area contributed by atoms with Crippen LogP contribution in [0.25, 0.3) is 0 Å². The molecule has 10 heterocycles. The third kappa shape index (κ3) is 37.8. The molecule has 0 atom stereocenters. The number of hydrogen-bond acceptors (Lipinski definition) is 30. The molecule has 0 unspecified atom stereocenters. The Balaban J connectivity index is 0.715. The van der Waals surface area contributed by atoms with E-state index in [4.69, 9.17) is 114 Å². The van der Waals surface area contributed by atoms with Crippen LogP contribution in [0, 0.1) is 0 Å². The maximum atomic E-state index is 12.5. The summed E-state index contributed by atoms with van der Waals surface area (Å²) in [6.45, 7) is 8.66. The molecule has 30 heteroatoms. The van der Waals surface area contributed by atoms with Crippen molar-refractivity contribution in [3.63, 3.8) is 0 Å². The maximum Gasteiger partial charge on any atom is 0.338 e. The zero-order valence-electron chi connectivity index (χ0n) is 60.6. The van der Waals surface area contributed by atoms with Gasteiger partial charge < -0.3 is 114 Å². The molecule has 6 aromatic carbocycles. The quantitative estimate of drug-likeness (QED) is 0.104. The first-order valence-electron chi connectivity index (χ1n) is 35.5. The minimum Gasteiger partial charge on any atom is -0.491 e. The fourth-order valence-corrected chi connectivity index (χ4v) is 9.03. The average molecular weight is 1510 g/mol. The molecule has 6 aromatic rings. The van der Waals surface area contributed by atoms with E-state index < -0.39 is 35.8 Å². The lowest BCUT2D eigenvalue weighted by Crippen LogP contribution is -2.15. The number of hydrogen-bond donors (Lipinski definition) is 0. The molecule has 0 saturated carbocycles. The topological polar surface area (TPSA) is 324 Å². The van der Waals surface area contributed by atoms with E-state index in [1.54, 1.807) is 72.8 Å². The molecular formula is C78H96O30. The van der Waals surface area contributed by atoms with Crippen molar-refractivity contribution in [3.8, 4) is 34.5 Å². The van der Waals surface area contributed by atoms with Gasteiger partial charge in [-0.3, -0.25) is 0 Å². The van der Waals surface area contributed by atoms with E-state index in [0.29, 0.717) is 153 Å². The third-order valence-electron chi connectivity index (χ3n) is 14.5. The number of carbonyl (C=O) groups is 6. The van der Waals surface area contributed by atoms with Crippen LogP contribution >= 0.6 is 0 Å². The highest BCUT2D eigenvalue weighted by atomic mass is 16.6. The largest absolute Gasteiger partial charge is 0.491 e. The van der Waals surface area contributed by atoms with Crippen LogP contribution in [0.4, 0.5) is 0 Å². The van der Waals surface area contributed by atoms with E-state index in [1.165, 1.54) is 72.8 Å². The van der Waals surface area contributed by atoms with E-state index in [9.17, 15) is 28.8 Å². The van der Waals surface area contributed by atoms with E-state index in [2.05, 4.69) is 0 Å². The number of ether oxygens (including phenoxy) is 24. The summed E-state index contributed by atoms with van der Waals surface area (Å²) in [5.41, 5.74) is 1.61. The van der Waals surface area contributed by atoms with Gasteiger partial charge in [0.15, 0.2) is 0 Å². The number of esters is 6. The van der Waals surface area contributed by atoms with Gasteiger partial charge in [0.05, 0.1) is 192 Å². The molecule has 16 rings (SSSR count). The van der Waals surface area contributed by atoms with Crippen molar-refractivity contribution in [2.45, 2.75) is 0 Å². The minimum absolute atomic E-state index is 0.0271. The van der Waals surface area contributed by atoms with Crippen molar-refractivity contribution in [3.05, 3.63) is 179 Å². The Morgan fingerprint density at radius 1 is 0.120 bits per heavy atom. The molecule has 10 aliphatic heterocycles. The molecule has 12 bridgehead atoms. The van der Waals surface area contributed by atoms with Crippen LogP contribution in [-0.4, -0.2) is 274 Å². The van der Waals surface area contributed by atoms with Gasteiger partial charge in [0, 0.05) is 0 Å². The lowest BCUT2D eigenvalue weighted by molar-refractivity contribution is 0.00997. The van der Waals surface area contributed by atoms with Crippen molar-refractivity contribution in [2.24, 2.45) is 0 Å². The summed E-state index contributed by atoms with van der Waals surface area (Å²) in [4.78, 5) is 75.2. The van der Waals surface area contributed by atoms with Crippen LogP contribution in [0.5, 0.6) is 34.5 Å². The molecule has 0 saturated heterocycles. The molecule has 0 amide bonds. The Kier molecular flexibility index (Phi) is 43.6. The summed E-state index contributed by atoms with van der Waals surface area (Å²) >= 11 is 0. The molecule has 0 aliphatic carbocycles. The first-order chi connectivity index (χ1) is 53.2. The number of rotatable bonds is 0. The second-order valence-electron chi connectivity index (χ2n) is 22.4. The zero-order valence-corrected chi connectivity index (χ0v) is 60.6. The lowest BCUT2D eigenvalue weighted by Gasteiger charge is -2.10. The van der Waals surface area contributed by atoms with Gasteiger partial charge in [-0.2, -0.15) is 0 Å². The lowest BCUT2D eigenvalue weighted by atomic mass is 10.1. The standard InChI is InChI=1S/C78H96O30/c79-73-61-1-2-62(4-3-61)74(80)104-56-44-92-32-26-86-38-50-98-68-17-19-70(20-18-68)100-52-40-88-28-34-94-46-58-106-76(82)64-9-11-66(12-10-64)78(84)108-60-48-96-36-30-90-42-54-102-72-23-21-71(22-24-72)101-53-41-89-29-35-95-47-59-107-77(83)65-7-5-63(6-8-65)75(81)105-57-45-93-33-27-87-39-51-99-69-15-13-67(14-16-69)97-49-37-85-25-31-91-43-55-103-73/h1-24H,25-60H2. The van der Waals surface area contributed by atoms with Gasteiger partial charge in [-0.05, 0) is 146 Å². The molecule has 0 aromatic heterocycles. The highest BCUT2D eigenvalue weighted by molar-refractivity contribution is 5.95. The Bertz CT molecular complexity index is 2830. The summed E-state index contributed by atoms with van der Waals surface area (Å²) < 4.78 is 133. The van der Waals surface area contributed by atoms with E-state index in [-0.39, 0.29) is 152 Å². The SMILES string of the molecule is O=C1OCCOCCOCCOc2ccc(cc2)OCCOCCOCCOC(=O)c2ccc(cc2)C(=O)OCCOCCOCCOc2ccc(cc2)OCCOCCOCCOC(=O)c2ccc(cc2)C(=O)OCCOCCOCCOc2ccc(cc2)OCCOCCOCCOC(=O)c2ccc1cc2. The monoisotopic (exact) mass is 1510 g/mol. The molecule has 0 spiro atoms. The predicted octanol–water partition coefficient (Wildman–Crippen LogP) is 7.61. The van der Waals surface area contributed by atoms with Gasteiger partial charge >= 0.3 is 35.8 Å². The van der Waals surface area contributed by atoms with Crippen molar-refractivity contribution in [1.29, 1.82) is 0 Å². The number of benzene rings is 6. The zero-order chi connectivity index (χ0) is 75.8. The Hall–Kier alpha value is -9.54. The first kappa shape index (κ1) is 85.7. The van der Waals surface area contributed by atoms with Gasteiger partial charge in [0.2, 0.25) is 0 Å². The van der Waals surface area contributed by atoms with E-state index in [1.807, 2.05) is 0 Å². The fourth-order valence-electron chi connectivity index (χ4n) is 9.03. The van der Waals surface area contributed by atoms with Crippen LogP contribution in [0.3, 0.4) is 0 Å². The molecule has 0 N–H and O–H groups in total. The van der Waals surface area contributed by atoms with Gasteiger partial charge in [-0.1, -0.05) is 0 Å². The molecule has 30 nitrogen and oxygen atoms in total. The van der Waals surface area contributed by atoms with Crippen molar-refractivity contribution in [1.82, 2.24) is 0 Å². The highest BCUT2D eigenvalue weighted by Crippen LogP contribution is 2.21. The smallest absolute Gasteiger partial charge is 0.338 e. The van der Waals surface area contributed by atoms with Gasteiger partial charge in [-0.15, -0.1) is 0 Å². The molecule has 0 radical (unpaired) electrons. The first-order valence-corrected chi connectivity index (χ1v) is 35.5. The Labute approximate surface area is 627 Å². The summed E-state index contributed by atoms with van der Waals surface area (Å²) in [7, 11) is 0. The van der Waals surface area contributed by atoms with Crippen molar-refractivity contribution >= 4 is 35.8 Å². The van der Waals surface area contributed by atoms with Crippen LogP contribution in [0.15, 0.2) is 146 Å². The summed E-state index contributed by atoms with van der Waals surface area (Å²) in [5, 5.41) is 0. The summed E-state index contributed by atoms with van der Waals surface area (Å²) in [6.07, 6.45) is 0. The predicted molar refractivity (Wildman–Crippen MR) is 383 cm³/mol. The minimum atomic E-state index is -0.563. The Morgan fingerprint density at radius 2 is 0.213 bits per heavy atom. The van der Waals surface area contributed by atoms with Crippen molar-refractivity contribution in [2.75, 3.05) is 238 Å². The van der Waals surface area contributed by atoms with Crippen LogP contribution in [0.2, 0.25) is 0 Å². The maximum absolute atomic E-state index is 12.5. The molecule has 10 aliphatic rings. The molecular weight excluding hydrogens is 1420 g/mol. The van der Waals surface area contributed by atoms with Crippen molar-refractivity contribution < 1.29 is 142 Å². The second-order valence-corrected chi connectivity index (χ2v) is 22.4. The summed E-state index contributed by atoms with van der Waals surface area (Å²) in [5.74, 6) is 0.494. The van der Waals surface area contributed by atoms with Crippen LogP contribution in [0.1, 0.15) is 62.1 Å². The van der Waals surface area contributed by atoms with Gasteiger partial charge in [0.1, 0.15) is 114 Å². The van der Waals surface area contributed by atoms with E-state index >= 15 is 0 Å². The van der Waals surface area contributed by atoms with Gasteiger partial charge in [-0.25, -0.2) is 28.8 Å².